The summed E-state index contributed by atoms with van der Waals surface area (Å²) in [6, 6.07) is 7.48. The fourth-order valence-corrected chi connectivity index (χ4v) is 4.81. The molecule has 1 heterocycles. The molecular formula is C24H25Cl2F2N5O. The number of aromatic nitrogens is 2. The lowest BCUT2D eigenvalue weighted by molar-refractivity contribution is -0.126. The summed E-state index contributed by atoms with van der Waals surface area (Å²) in [7, 11) is 3.57. The summed E-state index contributed by atoms with van der Waals surface area (Å²) < 4.78 is 27.5. The minimum absolute atomic E-state index is 0.00361. The monoisotopic (exact) mass is 507 g/mol. The zero-order valence-electron chi connectivity index (χ0n) is 18.8. The van der Waals surface area contributed by atoms with Crippen LogP contribution in [0.1, 0.15) is 31.2 Å². The van der Waals surface area contributed by atoms with Crippen molar-refractivity contribution in [3.63, 3.8) is 0 Å². The largest absolute Gasteiger partial charge is 0.362 e. The lowest BCUT2D eigenvalue weighted by atomic mass is 9.85. The molecule has 34 heavy (non-hydrogen) atoms. The van der Waals surface area contributed by atoms with E-state index in [4.69, 9.17) is 23.2 Å². The van der Waals surface area contributed by atoms with Crippen molar-refractivity contribution >= 4 is 51.8 Å². The predicted molar refractivity (Wildman–Crippen MR) is 131 cm³/mol. The number of hydrogen-bond donors (Lipinski definition) is 2. The molecule has 6 nitrogen and oxygen atoms in total. The molecule has 0 bridgehead atoms. The van der Waals surface area contributed by atoms with Crippen LogP contribution in [-0.4, -0.2) is 36.0 Å². The van der Waals surface area contributed by atoms with E-state index in [0.717, 1.165) is 30.5 Å². The number of carbonyl (C=O) groups excluding carboxylic acids is 1. The highest BCUT2D eigenvalue weighted by atomic mass is 35.5. The normalized spacial score (nSPS) is 18.1. The Labute approximate surface area is 206 Å². The smallest absolute Gasteiger partial charge is 0.225 e. The van der Waals surface area contributed by atoms with Crippen molar-refractivity contribution in [3.8, 4) is 0 Å². The molecule has 0 unspecified atom stereocenters. The third kappa shape index (κ3) is 5.67. The molecule has 4 rings (SSSR count). The first-order chi connectivity index (χ1) is 16.2. The second-order valence-corrected chi connectivity index (χ2v) is 9.61. The summed E-state index contributed by atoms with van der Waals surface area (Å²) in [5.74, 6) is -1.11. The maximum atomic E-state index is 13.8. The van der Waals surface area contributed by atoms with E-state index in [2.05, 4.69) is 20.6 Å². The second-order valence-electron chi connectivity index (χ2n) is 8.74. The van der Waals surface area contributed by atoms with Crippen molar-refractivity contribution in [3.05, 3.63) is 57.6 Å². The maximum Gasteiger partial charge on any atom is 0.225 e. The Morgan fingerprint density at radius 3 is 2.29 bits per heavy atom. The Morgan fingerprint density at radius 2 is 1.65 bits per heavy atom. The van der Waals surface area contributed by atoms with Crippen molar-refractivity contribution in [2.45, 2.75) is 38.3 Å². The summed E-state index contributed by atoms with van der Waals surface area (Å²) in [5.41, 5.74) is 1.18. The maximum absolute atomic E-state index is 13.8. The van der Waals surface area contributed by atoms with Crippen molar-refractivity contribution in [2.24, 2.45) is 5.92 Å². The molecule has 1 fully saturated rings. The predicted octanol–water partition coefficient (Wildman–Crippen LogP) is 5.57. The number of hydrogen-bond acceptors (Lipinski definition) is 5. The van der Waals surface area contributed by atoms with Gasteiger partial charge >= 0.3 is 0 Å². The topological polar surface area (TPSA) is 70.2 Å². The molecule has 0 spiro atoms. The quantitative estimate of drug-likeness (QED) is 0.456. The molecule has 1 aliphatic rings. The molecule has 1 saturated carbocycles. The highest BCUT2D eigenvalue weighted by molar-refractivity contribution is 6.34. The van der Waals surface area contributed by atoms with Gasteiger partial charge in [0.25, 0.3) is 0 Å². The van der Waals surface area contributed by atoms with Crippen molar-refractivity contribution < 1.29 is 13.6 Å². The van der Waals surface area contributed by atoms with Gasteiger partial charge < -0.3 is 15.5 Å². The standard InChI is InChI=1S/C24H25Cl2F2N5O/c1-33(2)22-18-10-19(27)20(28)11-21(18)31-24(32-22)30-17-5-3-14(4-6-17)23(34)29-12-13-7-15(25)9-16(26)8-13/h7-11,14,17H,3-6,12H2,1-2H3,(H,29,34)(H,30,31,32)/t14-,17+. The van der Waals surface area contributed by atoms with Crippen LogP contribution < -0.4 is 15.5 Å². The van der Waals surface area contributed by atoms with E-state index in [1.54, 1.807) is 37.2 Å². The number of amides is 1. The average molecular weight is 508 g/mol. The third-order valence-electron chi connectivity index (χ3n) is 5.96. The minimum atomic E-state index is -0.951. The van der Waals surface area contributed by atoms with Crippen molar-refractivity contribution in [1.82, 2.24) is 15.3 Å². The number of halogens is 4. The number of fused-ring (bicyclic) bond motifs is 1. The first-order valence-electron chi connectivity index (χ1n) is 11.0. The SMILES string of the molecule is CN(C)c1nc(N[C@H]2CC[C@@H](C(=O)NCc3cc(Cl)cc(Cl)c3)CC2)nc2cc(F)c(F)cc12. The van der Waals surface area contributed by atoms with E-state index in [9.17, 15) is 13.6 Å². The average Bonchev–Trinajstić information content (AvgIpc) is 2.78. The van der Waals surface area contributed by atoms with E-state index < -0.39 is 11.6 Å². The van der Waals surface area contributed by atoms with Gasteiger partial charge in [0, 0.05) is 54.1 Å². The van der Waals surface area contributed by atoms with Gasteiger partial charge in [-0.2, -0.15) is 4.98 Å². The molecule has 2 aromatic carbocycles. The Balaban J connectivity index is 1.37. The Bertz CT molecular complexity index is 1200. The summed E-state index contributed by atoms with van der Waals surface area (Å²) in [5, 5.41) is 7.78. The van der Waals surface area contributed by atoms with Gasteiger partial charge in [0.2, 0.25) is 11.9 Å². The van der Waals surface area contributed by atoms with Crippen LogP contribution in [0.5, 0.6) is 0 Å². The van der Waals surface area contributed by atoms with Crippen LogP contribution in [0.15, 0.2) is 30.3 Å². The molecule has 0 saturated heterocycles. The number of benzene rings is 2. The Morgan fingerprint density at radius 1 is 1.00 bits per heavy atom. The Kier molecular flexibility index (Phi) is 7.38. The van der Waals surface area contributed by atoms with Crippen LogP contribution >= 0.6 is 23.2 Å². The van der Waals surface area contributed by atoms with Crippen LogP contribution in [0.25, 0.3) is 10.9 Å². The number of nitrogens with one attached hydrogen (secondary N) is 2. The van der Waals surface area contributed by atoms with Crippen molar-refractivity contribution in [1.29, 1.82) is 0 Å². The van der Waals surface area contributed by atoms with Gasteiger partial charge in [-0.25, -0.2) is 13.8 Å². The van der Waals surface area contributed by atoms with Crippen LogP contribution in [0.2, 0.25) is 10.0 Å². The van der Waals surface area contributed by atoms with E-state index in [1.165, 1.54) is 0 Å². The zero-order chi connectivity index (χ0) is 24.4. The molecule has 10 heteroatoms. The van der Waals surface area contributed by atoms with Crippen LogP contribution in [0, 0.1) is 17.6 Å². The van der Waals surface area contributed by atoms with E-state index in [-0.39, 0.29) is 17.9 Å². The second kappa shape index (κ2) is 10.3. The highest BCUT2D eigenvalue weighted by Gasteiger charge is 2.27. The Hall–Kier alpha value is -2.71. The van der Waals surface area contributed by atoms with Gasteiger partial charge in [0.1, 0.15) is 5.82 Å². The molecule has 2 N–H and O–H groups in total. The molecule has 1 aliphatic carbocycles. The molecule has 1 amide bonds. The summed E-state index contributed by atoms with van der Waals surface area (Å²) in [6.07, 6.45) is 2.95. The van der Waals surface area contributed by atoms with Crippen molar-refractivity contribution in [2.75, 3.05) is 24.3 Å². The van der Waals surface area contributed by atoms with Gasteiger partial charge in [-0.3, -0.25) is 4.79 Å². The molecule has 1 aromatic heterocycles. The lowest BCUT2D eigenvalue weighted by Crippen LogP contribution is -2.36. The summed E-state index contributed by atoms with van der Waals surface area (Å²) >= 11 is 12.0. The van der Waals surface area contributed by atoms with Gasteiger partial charge in [0.15, 0.2) is 11.6 Å². The summed E-state index contributed by atoms with van der Waals surface area (Å²) in [6.45, 7) is 0.368. The number of rotatable bonds is 6. The van der Waals surface area contributed by atoms with E-state index in [0.29, 0.717) is 52.1 Å². The van der Waals surface area contributed by atoms with Crippen LogP contribution in [0.3, 0.4) is 0 Å². The van der Waals surface area contributed by atoms with Crippen LogP contribution in [-0.2, 0) is 11.3 Å². The fraction of sp³-hybridized carbons (Fsp3) is 0.375. The number of carbonyl (C=O) groups is 1. The van der Waals surface area contributed by atoms with E-state index in [1.807, 2.05) is 0 Å². The minimum Gasteiger partial charge on any atom is -0.362 e. The molecule has 0 atom stereocenters. The number of nitrogens with zero attached hydrogens (tertiary/aromatic N) is 3. The lowest BCUT2D eigenvalue weighted by Gasteiger charge is -2.28. The molecule has 0 radical (unpaired) electrons. The first-order valence-corrected chi connectivity index (χ1v) is 11.8. The summed E-state index contributed by atoms with van der Waals surface area (Å²) in [4.78, 5) is 23.3. The van der Waals surface area contributed by atoms with Gasteiger partial charge in [-0.15, -0.1) is 0 Å². The third-order valence-corrected chi connectivity index (χ3v) is 6.40. The van der Waals surface area contributed by atoms with Gasteiger partial charge in [-0.05, 0) is 55.5 Å². The molecule has 0 aliphatic heterocycles. The first kappa shape index (κ1) is 24.4. The van der Waals surface area contributed by atoms with E-state index >= 15 is 0 Å². The molecule has 3 aromatic rings. The van der Waals surface area contributed by atoms with Gasteiger partial charge in [-0.1, -0.05) is 23.2 Å². The van der Waals surface area contributed by atoms with Crippen LogP contribution in [0.4, 0.5) is 20.5 Å². The zero-order valence-corrected chi connectivity index (χ0v) is 20.4. The molecular weight excluding hydrogens is 483 g/mol. The molecule has 180 valence electrons. The highest BCUT2D eigenvalue weighted by Crippen LogP contribution is 2.30. The van der Waals surface area contributed by atoms with Gasteiger partial charge in [0.05, 0.1) is 5.52 Å². The number of anilines is 2. The fourth-order valence-electron chi connectivity index (χ4n) is 4.24.